The highest BCUT2D eigenvalue weighted by atomic mass is 79.9. The van der Waals surface area contributed by atoms with E-state index in [2.05, 4.69) is 53.0 Å². The number of halogens is 2. The second-order valence-electron chi connectivity index (χ2n) is 3.03. The van der Waals surface area contributed by atoms with E-state index in [1.807, 2.05) is 18.2 Å². The fourth-order valence-corrected chi connectivity index (χ4v) is 2.35. The lowest BCUT2D eigenvalue weighted by Crippen LogP contribution is -2.37. The van der Waals surface area contributed by atoms with Crippen molar-refractivity contribution in [2.75, 3.05) is 18.5 Å². The van der Waals surface area contributed by atoms with Gasteiger partial charge in [-0.3, -0.25) is 15.8 Å². The Balaban J connectivity index is 1.98. The summed E-state index contributed by atoms with van der Waals surface area (Å²) in [6.45, 7) is 1.72. The molecule has 0 unspecified atom stereocenters. The molecular weight excluding hydrogens is 324 g/mol. The molecule has 0 saturated carbocycles. The van der Waals surface area contributed by atoms with Crippen molar-refractivity contribution in [1.29, 1.82) is 0 Å². The molecule has 0 aromatic heterocycles. The van der Waals surface area contributed by atoms with Crippen LogP contribution in [-0.4, -0.2) is 19.0 Å². The van der Waals surface area contributed by atoms with Crippen molar-refractivity contribution in [2.24, 2.45) is 4.99 Å². The van der Waals surface area contributed by atoms with Gasteiger partial charge in [0.1, 0.15) is 0 Å². The third-order valence-corrected chi connectivity index (χ3v) is 3.07. The van der Waals surface area contributed by atoms with Gasteiger partial charge in [-0.25, -0.2) is 0 Å². The molecule has 1 aliphatic heterocycles. The predicted molar refractivity (Wildman–Crippen MR) is 68.9 cm³/mol. The topological polar surface area (TPSA) is 48.5 Å². The highest BCUT2D eigenvalue weighted by Gasteiger charge is 2.04. The third-order valence-electron chi connectivity index (χ3n) is 1.92. The number of rotatable bonds is 2. The standard InChI is InChI=1S/C9H10Br2N4/c10-6-1-2-8(7(11)5-6)14-15-9-12-3-4-13-9/h1-2,5,14H,3-4H2,(H2,12,13,15). The van der Waals surface area contributed by atoms with Crippen molar-refractivity contribution in [3.05, 3.63) is 27.1 Å². The van der Waals surface area contributed by atoms with E-state index < -0.39 is 0 Å². The molecule has 0 atom stereocenters. The van der Waals surface area contributed by atoms with E-state index in [4.69, 9.17) is 0 Å². The van der Waals surface area contributed by atoms with Crippen LogP contribution in [0.5, 0.6) is 0 Å². The average molecular weight is 334 g/mol. The van der Waals surface area contributed by atoms with Gasteiger partial charge >= 0.3 is 0 Å². The van der Waals surface area contributed by atoms with Crippen LogP contribution in [0.4, 0.5) is 5.69 Å². The number of hydrogen-bond donors (Lipinski definition) is 3. The van der Waals surface area contributed by atoms with Gasteiger partial charge in [-0.15, -0.1) is 0 Å². The molecule has 0 amide bonds. The highest BCUT2D eigenvalue weighted by Crippen LogP contribution is 2.25. The first kappa shape index (κ1) is 10.8. The summed E-state index contributed by atoms with van der Waals surface area (Å²) in [5, 5.41) is 3.11. The Morgan fingerprint density at radius 3 is 2.80 bits per heavy atom. The molecule has 4 nitrogen and oxygen atoms in total. The van der Waals surface area contributed by atoms with Gasteiger partial charge in [-0.2, -0.15) is 0 Å². The van der Waals surface area contributed by atoms with Crippen molar-refractivity contribution < 1.29 is 0 Å². The first-order chi connectivity index (χ1) is 7.25. The molecular formula is C9H10Br2N4. The molecule has 6 heteroatoms. The minimum atomic E-state index is 0.782. The largest absolute Gasteiger partial charge is 0.353 e. The summed E-state index contributed by atoms with van der Waals surface area (Å²) in [7, 11) is 0. The van der Waals surface area contributed by atoms with Crippen LogP contribution in [0.1, 0.15) is 0 Å². The van der Waals surface area contributed by atoms with Gasteiger partial charge in [-0.1, -0.05) is 15.9 Å². The van der Waals surface area contributed by atoms with E-state index in [-0.39, 0.29) is 0 Å². The lowest BCUT2D eigenvalue weighted by atomic mass is 10.3. The van der Waals surface area contributed by atoms with Crippen LogP contribution in [0.25, 0.3) is 0 Å². The van der Waals surface area contributed by atoms with Crippen molar-refractivity contribution in [3.8, 4) is 0 Å². The van der Waals surface area contributed by atoms with E-state index in [1.54, 1.807) is 0 Å². The monoisotopic (exact) mass is 332 g/mol. The first-order valence-corrected chi connectivity index (χ1v) is 6.10. The molecule has 1 aromatic carbocycles. The molecule has 1 aromatic rings. The minimum Gasteiger partial charge on any atom is -0.353 e. The van der Waals surface area contributed by atoms with E-state index in [1.165, 1.54) is 0 Å². The number of guanidine groups is 1. The summed E-state index contributed by atoms with van der Waals surface area (Å²) in [5.74, 6) is 0.782. The second kappa shape index (κ2) is 4.85. The summed E-state index contributed by atoms with van der Waals surface area (Å²) in [6, 6.07) is 5.92. The zero-order valence-corrected chi connectivity index (χ0v) is 11.0. The molecule has 0 spiro atoms. The Morgan fingerprint density at radius 2 is 2.13 bits per heavy atom. The fraction of sp³-hybridized carbons (Fsp3) is 0.222. The van der Waals surface area contributed by atoms with Gasteiger partial charge in [-0.05, 0) is 34.1 Å². The number of hydrazine groups is 1. The molecule has 0 saturated heterocycles. The summed E-state index contributed by atoms with van der Waals surface area (Å²) in [4.78, 5) is 4.21. The van der Waals surface area contributed by atoms with Gasteiger partial charge < -0.3 is 5.32 Å². The van der Waals surface area contributed by atoms with Crippen LogP contribution in [0.15, 0.2) is 32.1 Å². The summed E-state index contributed by atoms with van der Waals surface area (Å²) in [6.07, 6.45) is 0. The molecule has 0 fully saturated rings. The Kier molecular flexibility index (Phi) is 3.48. The van der Waals surface area contributed by atoms with Crippen LogP contribution in [0, 0.1) is 0 Å². The first-order valence-electron chi connectivity index (χ1n) is 4.51. The smallest absolute Gasteiger partial charge is 0.210 e. The van der Waals surface area contributed by atoms with Gasteiger partial charge in [0, 0.05) is 15.5 Å². The molecule has 1 aliphatic rings. The Hall–Kier alpha value is -0.750. The molecule has 15 heavy (non-hydrogen) atoms. The molecule has 0 aliphatic carbocycles. The number of benzene rings is 1. The Labute approximate surface area is 105 Å². The minimum absolute atomic E-state index is 0.782. The van der Waals surface area contributed by atoms with E-state index in [9.17, 15) is 0 Å². The van der Waals surface area contributed by atoms with Gasteiger partial charge in [0.05, 0.1) is 12.2 Å². The summed E-state index contributed by atoms with van der Waals surface area (Å²) in [5.41, 5.74) is 7.04. The third kappa shape index (κ3) is 2.85. The van der Waals surface area contributed by atoms with Crippen LogP contribution in [0.3, 0.4) is 0 Å². The molecule has 3 N–H and O–H groups in total. The second-order valence-corrected chi connectivity index (χ2v) is 4.80. The SMILES string of the molecule is Brc1ccc(NNC2=NCCN2)c(Br)c1. The van der Waals surface area contributed by atoms with Crippen molar-refractivity contribution in [1.82, 2.24) is 10.7 Å². The lowest BCUT2D eigenvalue weighted by Gasteiger charge is -2.11. The molecule has 0 radical (unpaired) electrons. The lowest BCUT2D eigenvalue weighted by molar-refractivity contribution is 0.937. The van der Waals surface area contributed by atoms with E-state index in [0.29, 0.717) is 0 Å². The zero-order valence-electron chi connectivity index (χ0n) is 7.85. The van der Waals surface area contributed by atoms with Crippen molar-refractivity contribution >= 4 is 43.5 Å². The average Bonchev–Trinajstić information content (AvgIpc) is 2.69. The highest BCUT2D eigenvalue weighted by molar-refractivity contribution is 9.11. The predicted octanol–water partition coefficient (Wildman–Crippen LogP) is 2.09. The summed E-state index contributed by atoms with van der Waals surface area (Å²) < 4.78 is 2.03. The Morgan fingerprint density at radius 1 is 1.27 bits per heavy atom. The van der Waals surface area contributed by atoms with E-state index >= 15 is 0 Å². The molecule has 1 heterocycles. The Bertz CT molecular complexity index is 392. The van der Waals surface area contributed by atoms with Crippen molar-refractivity contribution in [3.63, 3.8) is 0 Å². The molecule has 80 valence electrons. The molecule has 0 bridgehead atoms. The maximum absolute atomic E-state index is 4.21. The van der Waals surface area contributed by atoms with Gasteiger partial charge in [0.25, 0.3) is 0 Å². The zero-order chi connectivity index (χ0) is 10.7. The number of nitrogens with zero attached hydrogens (tertiary/aromatic N) is 1. The van der Waals surface area contributed by atoms with Crippen LogP contribution in [-0.2, 0) is 0 Å². The van der Waals surface area contributed by atoms with Crippen LogP contribution in [0.2, 0.25) is 0 Å². The normalized spacial score (nSPS) is 14.4. The maximum Gasteiger partial charge on any atom is 0.210 e. The van der Waals surface area contributed by atoms with Gasteiger partial charge in [0.15, 0.2) is 0 Å². The van der Waals surface area contributed by atoms with Gasteiger partial charge in [0.2, 0.25) is 5.96 Å². The number of aliphatic imine (C=N–C) groups is 1. The molecule has 2 rings (SSSR count). The van der Waals surface area contributed by atoms with Crippen molar-refractivity contribution in [2.45, 2.75) is 0 Å². The maximum atomic E-state index is 4.21. The quantitative estimate of drug-likeness (QED) is 0.726. The number of hydrogen-bond acceptors (Lipinski definition) is 4. The van der Waals surface area contributed by atoms with E-state index in [0.717, 1.165) is 33.7 Å². The van der Waals surface area contributed by atoms with Crippen LogP contribution >= 0.6 is 31.9 Å². The van der Waals surface area contributed by atoms with Crippen LogP contribution < -0.4 is 16.2 Å². The summed E-state index contributed by atoms with van der Waals surface area (Å²) >= 11 is 6.86. The number of nitrogens with one attached hydrogen (secondary N) is 3. The number of anilines is 1. The fourth-order valence-electron chi connectivity index (χ4n) is 1.20.